The van der Waals surface area contributed by atoms with Crippen LogP contribution in [0.4, 0.5) is 0 Å². The zero-order chi connectivity index (χ0) is 53.2. The summed E-state index contributed by atoms with van der Waals surface area (Å²) in [5, 5.41) is 86.9. The zero-order valence-electron chi connectivity index (χ0n) is 45.1. The van der Waals surface area contributed by atoms with Crippen molar-refractivity contribution in [3.63, 3.8) is 0 Å². The SMILES string of the molecule is CCCCCC/C=C/CC/C=C/CC/C=C/C(O)C(COC1OC(CO)C(OC2OC(CO)C(O)C(O)C2O)C(O)C1O)NC(=O)CCCCCCCCCCCC/C=C\C/C=C\C/C=C\CCCCCCC. The number of aliphatic hydroxyl groups excluding tert-OH is 8. The Morgan fingerprint density at radius 1 is 0.493 bits per heavy atom. The predicted octanol–water partition coefficient (Wildman–Crippen LogP) is 9.16. The first-order valence-electron chi connectivity index (χ1n) is 28.7. The van der Waals surface area contributed by atoms with Crippen LogP contribution in [0.3, 0.4) is 0 Å². The van der Waals surface area contributed by atoms with Gasteiger partial charge in [0, 0.05) is 6.42 Å². The molecule has 0 aliphatic carbocycles. The van der Waals surface area contributed by atoms with Crippen molar-refractivity contribution >= 4 is 5.91 Å². The molecule has 422 valence electrons. The number of ether oxygens (including phenoxy) is 4. The first-order chi connectivity index (χ1) is 35.6. The smallest absolute Gasteiger partial charge is 0.220 e. The van der Waals surface area contributed by atoms with Gasteiger partial charge in [-0.3, -0.25) is 4.79 Å². The minimum absolute atomic E-state index is 0.261. The fraction of sp³-hybridized carbons (Fsp3) is 0.780. The summed E-state index contributed by atoms with van der Waals surface area (Å²) >= 11 is 0. The van der Waals surface area contributed by atoms with Crippen molar-refractivity contribution in [2.75, 3.05) is 19.8 Å². The van der Waals surface area contributed by atoms with Gasteiger partial charge in [-0.15, -0.1) is 0 Å². The van der Waals surface area contributed by atoms with Gasteiger partial charge in [0.1, 0.15) is 48.8 Å². The molecule has 9 N–H and O–H groups in total. The van der Waals surface area contributed by atoms with Gasteiger partial charge >= 0.3 is 0 Å². The van der Waals surface area contributed by atoms with Gasteiger partial charge in [0.2, 0.25) is 5.91 Å². The summed E-state index contributed by atoms with van der Waals surface area (Å²) < 4.78 is 22.7. The van der Waals surface area contributed by atoms with E-state index in [2.05, 4.69) is 79.9 Å². The Balaban J connectivity index is 1.77. The molecule has 14 nitrogen and oxygen atoms in total. The van der Waals surface area contributed by atoms with Crippen LogP contribution in [0.15, 0.2) is 72.9 Å². The highest BCUT2D eigenvalue weighted by Crippen LogP contribution is 2.30. The van der Waals surface area contributed by atoms with E-state index in [0.29, 0.717) is 12.8 Å². The standard InChI is InChI=1S/C59H103NO13/c1-3-5-7-9-11-13-15-17-19-20-21-22-23-24-25-26-27-28-29-31-33-35-37-39-41-43-51(64)60-47(48(63)42-40-38-36-34-32-30-18-16-14-12-10-8-6-4-2)46-70-58-56(69)54(67)57(50(45-62)72-58)73-59-55(68)53(66)52(65)49(44-61)71-59/h14-17,20-21,23-24,32,34,40,42,47-50,52-59,61-63,65-69H,3-13,18-19,22,25-31,33,35-39,41,43-46H2,1-2H3,(H,60,64)/b16-14+,17-15-,21-20-,24-23-,34-32+,42-40+. The van der Waals surface area contributed by atoms with Crippen molar-refractivity contribution in [2.24, 2.45) is 0 Å². The van der Waals surface area contributed by atoms with Crippen molar-refractivity contribution in [2.45, 2.75) is 274 Å². The third-order valence-electron chi connectivity index (χ3n) is 13.6. The van der Waals surface area contributed by atoms with Crippen LogP contribution in [-0.4, -0.2) is 140 Å². The van der Waals surface area contributed by atoms with Gasteiger partial charge in [-0.25, -0.2) is 0 Å². The van der Waals surface area contributed by atoms with Gasteiger partial charge in [-0.1, -0.05) is 183 Å². The second kappa shape index (κ2) is 44.5. The third kappa shape index (κ3) is 30.7. The van der Waals surface area contributed by atoms with E-state index in [-0.39, 0.29) is 18.9 Å². The summed E-state index contributed by atoms with van der Waals surface area (Å²) in [6, 6.07) is -0.943. The van der Waals surface area contributed by atoms with E-state index >= 15 is 0 Å². The molecule has 0 saturated carbocycles. The van der Waals surface area contributed by atoms with E-state index in [4.69, 9.17) is 18.9 Å². The second-order valence-electron chi connectivity index (χ2n) is 20.0. The van der Waals surface area contributed by atoms with Gasteiger partial charge in [-0.05, 0) is 83.5 Å². The fourth-order valence-electron chi connectivity index (χ4n) is 8.92. The molecule has 73 heavy (non-hydrogen) atoms. The lowest BCUT2D eigenvalue weighted by molar-refractivity contribution is -0.359. The highest BCUT2D eigenvalue weighted by atomic mass is 16.7. The van der Waals surface area contributed by atoms with Gasteiger partial charge in [0.05, 0.1) is 32.0 Å². The van der Waals surface area contributed by atoms with E-state index < -0.39 is 86.8 Å². The van der Waals surface area contributed by atoms with Crippen LogP contribution in [0.2, 0.25) is 0 Å². The van der Waals surface area contributed by atoms with Crippen LogP contribution in [0.25, 0.3) is 0 Å². The Hall–Kier alpha value is -2.57. The lowest BCUT2D eigenvalue weighted by atomic mass is 9.97. The number of hydrogen-bond donors (Lipinski definition) is 9. The van der Waals surface area contributed by atoms with Crippen LogP contribution in [0.5, 0.6) is 0 Å². The Kier molecular flexibility index (Phi) is 40.6. The molecule has 0 bridgehead atoms. The lowest BCUT2D eigenvalue weighted by Crippen LogP contribution is -2.65. The number of carbonyl (C=O) groups excluding carboxylic acids is 1. The average Bonchev–Trinajstić information content (AvgIpc) is 3.39. The van der Waals surface area contributed by atoms with Crippen LogP contribution in [0, 0.1) is 0 Å². The van der Waals surface area contributed by atoms with Crippen molar-refractivity contribution in [3.8, 4) is 0 Å². The average molecular weight is 1030 g/mol. The van der Waals surface area contributed by atoms with Gasteiger partial charge < -0.3 is 65.1 Å². The molecule has 2 heterocycles. The summed E-state index contributed by atoms with van der Waals surface area (Å²) in [7, 11) is 0. The number of unbranched alkanes of at least 4 members (excludes halogenated alkanes) is 21. The van der Waals surface area contributed by atoms with E-state index in [1.54, 1.807) is 6.08 Å². The molecule has 2 rings (SSSR count). The number of hydrogen-bond acceptors (Lipinski definition) is 13. The largest absolute Gasteiger partial charge is 0.394 e. The molecular formula is C59H103NO13. The van der Waals surface area contributed by atoms with Crippen molar-refractivity contribution in [1.29, 1.82) is 0 Å². The number of amides is 1. The molecule has 14 heteroatoms. The highest BCUT2D eigenvalue weighted by Gasteiger charge is 2.51. The number of rotatable bonds is 44. The topological polar surface area (TPSA) is 228 Å². The minimum atomic E-state index is -1.79. The molecule has 2 fully saturated rings. The molecule has 2 aliphatic heterocycles. The Bertz CT molecular complexity index is 1500. The number of allylic oxidation sites excluding steroid dienone is 11. The maximum absolute atomic E-state index is 13.2. The first-order valence-corrected chi connectivity index (χ1v) is 28.7. The van der Waals surface area contributed by atoms with Crippen LogP contribution >= 0.6 is 0 Å². The van der Waals surface area contributed by atoms with Gasteiger partial charge in [0.15, 0.2) is 12.6 Å². The molecular weight excluding hydrogens is 931 g/mol. The molecule has 0 spiro atoms. The Morgan fingerprint density at radius 3 is 1.45 bits per heavy atom. The molecule has 12 atom stereocenters. The predicted molar refractivity (Wildman–Crippen MR) is 290 cm³/mol. The van der Waals surface area contributed by atoms with Crippen LogP contribution < -0.4 is 5.32 Å². The molecule has 1 amide bonds. The van der Waals surface area contributed by atoms with Crippen LogP contribution in [0.1, 0.15) is 200 Å². The summed E-state index contributed by atoms with van der Waals surface area (Å²) in [4.78, 5) is 13.2. The summed E-state index contributed by atoms with van der Waals surface area (Å²) in [6.45, 7) is 2.72. The second-order valence-corrected chi connectivity index (χ2v) is 20.0. The van der Waals surface area contributed by atoms with Crippen LogP contribution in [-0.2, 0) is 23.7 Å². The van der Waals surface area contributed by atoms with Crippen molar-refractivity contribution < 1.29 is 64.6 Å². The Labute approximate surface area is 440 Å². The number of carbonyl (C=O) groups is 1. The highest BCUT2D eigenvalue weighted by molar-refractivity contribution is 5.76. The normalized spacial score (nSPS) is 25.9. The molecule has 0 aromatic rings. The van der Waals surface area contributed by atoms with Gasteiger partial charge in [-0.2, -0.15) is 0 Å². The molecule has 0 aromatic carbocycles. The van der Waals surface area contributed by atoms with Gasteiger partial charge in [0.25, 0.3) is 0 Å². The van der Waals surface area contributed by atoms with Crippen molar-refractivity contribution in [3.05, 3.63) is 72.9 Å². The van der Waals surface area contributed by atoms with E-state index in [9.17, 15) is 45.6 Å². The quantitative estimate of drug-likeness (QED) is 0.0205. The Morgan fingerprint density at radius 2 is 0.918 bits per heavy atom. The van der Waals surface area contributed by atoms with E-state index in [1.807, 2.05) is 6.08 Å². The van der Waals surface area contributed by atoms with E-state index in [1.165, 1.54) is 103 Å². The summed E-state index contributed by atoms with van der Waals surface area (Å²) in [5.74, 6) is -0.261. The number of nitrogens with one attached hydrogen (secondary N) is 1. The summed E-state index contributed by atoms with van der Waals surface area (Å²) in [5.41, 5.74) is 0. The molecule has 12 unspecified atom stereocenters. The zero-order valence-corrected chi connectivity index (χ0v) is 45.1. The van der Waals surface area contributed by atoms with E-state index in [0.717, 1.165) is 64.2 Å². The molecule has 2 aliphatic rings. The maximum Gasteiger partial charge on any atom is 0.220 e. The lowest BCUT2D eigenvalue weighted by Gasteiger charge is -2.46. The summed E-state index contributed by atoms with van der Waals surface area (Å²) in [6.07, 6.45) is 40.8. The molecule has 0 aromatic heterocycles. The third-order valence-corrected chi connectivity index (χ3v) is 13.6. The van der Waals surface area contributed by atoms with Crippen molar-refractivity contribution in [1.82, 2.24) is 5.32 Å². The maximum atomic E-state index is 13.2. The fourth-order valence-corrected chi connectivity index (χ4v) is 8.92. The minimum Gasteiger partial charge on any atom is -0.394 e. The molecule has 2 saturated heterocycles. The monoisotopic (exact) mass is 1030 g/mol. The number of aliphatic hydroxyl groups is 8. The first kappa shape index (κ1) is 66.5. The molecule has 0 radical (unpaired) electrons.